The number of aliphatic carboxylic acids is 1. The summed E-state index contributed by atoms with van der Waals surface area (Å²) in [5, 5.41) is 13.8. The van der Waals surface area contributed by atoms with Gasteiger partial charge in [0, 0.05) is 36.4 Å². The highest BCUT2D eigenvalue weighted by Crippen LogP contribution is 2.26. The number of nitrogens with one attached hydrogen (secondary N) is 1. The van der Waals surface area contributed by atoms with Crippen LogP contribution < -0.4 is 5.32 Å². The average Bonchev–Trinajstić information content (AvgIpc) is 3.02. The van der Waals surface area contributed by atoms with Gasteiger partial charge in [0.05, 0.1) is 0 Å². The van der Waals surface area contributed by atoms with Gasteiger partial charge in [-0.2, -0.15) is 0 Å². The van der Waals surface area contributed by atoms with Gasteiger partial charge in [0.2, 0.25) is 0 Å². The average molecular weight is 351 g/mol. The Hall–Kier alpha value is -2.59. The van der Waals surface area contributed by atoms with E-state index in [2.05, 4.69) is 30.4 Å². The molecule has 3 aromatic rings. The Kier molecular flexibility index (Phi) is 6.08. The van der Waals surface area contributed by atoms with Crippen LogP contribution in [0.15, 0.2) is 59.0 Å². The molecule has 0 saturated heterocycles. The first-order valence-electron chi connectivity index (χ1n) is 9.15. The van der Waals surface area contributed by atoms with E-state index in [1.807, 2.05) is 36.4 Å². The first-order valence-corrected chi connectivity index (χ1v) is 9.15. The maximum atomic E-state index is 11.0. The van der Waals surface area contributed by atoms with Gasteiger partial charge in [-0.3, -0.25) is 4.79 Å². The molecule has 0 radical (unpaired) electrons. The molecule has 1 heterocycles. The van der Waals surface area contributed by atoms with Crippen molar-refractivity contribution in [2.75, 3.05) is 0 Å². The molecule has 2 aromatic carbocycles. The minimum Gasteiger partial charge on any atom is -0.481 e. The van der Waals surface area contributed by atoms with E-state index in [0.717, 1.165) is 29.6 Å². The second-order valence-corrected chi connectivity index (χ2v) is 6.55. The summed E-state index contributed by atoms with van der Waals surface area (Å²) >= 11 is 0. The van der Waals surface area contributed by atoms with Crippen LogP contribution in [0.1, 0.15) is 36.7 Å². The Morgan fingerprint density at radius 3 is 2.58 bits per heavy atom. The number of carbonyl (C=O) groups is 1. The Bertz CT molecular complexity index is 854. The highest BCUT2D eigenvalue weighted by molar-refractivity contribution is 5.82. The van der Waals surface area contributed by atoms with Crippen molar-refractivity contribution in [1.29, 1.82) is 0 Å². The molecule has 0 amide bonds. The van der Waals surface area contributed by atoms with Gasteiger partial charge in [-0.1, -0.05) is 55.5 Å². The highest BCUT2D eigenvalue weighted by Gasteiger charge is 2.16. The van der Waals surface area contributed by atoms with E-state index >= 15 is 0 Å². The Balaban J connectivity index is 1.75. The summed E-state index contributed by atoms with van der Waals surface area (Å²) in [6.07, 6.45) is 2.41. The van der Waals surface area contributed by atoms with Crippen molar-refractivity contribution < 1.29 is 14.3 Å². The zero-order valence-corrected chi connectivity index (χ0v) is 15.1. The minimum atomic E-state index is -0.757. The zero-order chi connectivity index (χ0) is 18.4. The van der Waals surface area contributed by atoms with Crippen LogP contribution in [0, 0.1) is 0 Å². The number of furan rings is 1. The standard InChI is InChI=1S/C22H25NO3/c1-2-20-19(18-10-6-7-11-21(18)26-20)15-23-17(12-13-22(24)25)14-16-8-4-3-5-9-16/h3-11,17,23H,2,12-15H2,1H3,(H,24,25). The summed E-state index contributed by atoms with van der Waals surface area (Å²) in [5.41, 5.74) is 3.30. The van der Waals surface area contributed by atoms with Gasteiger partial charge in [0.15, 0.2) is 0 Å². The van der Waals surface area contributed by atoms with Gasteiger partial charge in [-0.25, -0.2) is 0 Å². The smallest absolute Gasteiger partial charge is 0.303 e. The van der Waals surface area contributed by atoms with E-state index in [9.17, 15) is 4.79 Å². The third-order valence-electron chi connectivity index (χ3n) is 4.70. The van der Waals surface area contributed by atoms with Crippen molar-refractivity contribution in [3.8, 4) is 0 Å². The summed E-state index contributed by atoms with van der Waals surface area (Å²) < 4.78 is 5.96. The number of rotatable bonds is 9. The quantitative estimate of drug-likeness (QED) is 0.593. The van der Waals surface area contributed by atoms with Gasteiger partial charge in [0.25, 0.3) is 0 Å². The van der Waals surface area contributed by atoms with E-state index in [1.54, 1.807) is 0 Å². The Labute approximate surface area is 153 Å². The molecule has 26 heavy (non-hydrogen) atoms. The fourth-order valence-corrected chi connectivity index (χ4v) is 3.35. The molecule has 0 bridgehead atoms. The van der Waals surface area contributed by atoms with E-state index in [-0.39, 0.29) is 12.5 Å². The van der Waals surface area contributed by atoms with Crippen LogP contribution in [-0.4, -0.2) is 17.1 Å². The molecule has 1 unspecified atom stereocenters. The van der Waals surface area contributed by atoms with Crippen molar-refractivity contribution in [1.82, 2.24) is 5.32 Å². The summed E-state index contributed by atoms with van der Waals surface area (Å²) in [7, 11) is 0. The molecule has 1 atom stereocenters. The van der Waals surface area contributed by atoms with Crippen LogP contribution in [0.5, 0.6) is 0 Å². The van der Waals surface area contributed by atoms with E-state index in [4.69, 9.17) is 9.52 Å². The predicted octanol–water partition coefficient (Wildman–Crippen LogP) is 4.56. The number of benzene rings is 2. The number of aryl methyl sites for hydroxylation is 1. The molecular weight excluding hydrogens is 326 g/mol. The van der Waals surface area contributed by atoms with Crippen LogP contribution in [0.3, 0.4) is 0 Å². The van der Waals surface area contributed by atoms with Crippen molar-refractivity contribution in [3.05, 3.63) is 71.5 Å². The fraction of sp³-hybridized carbons (Fsp3) is 0.318. The number of carboxylic acid groups (broad SMARTS) is 1. The summed E-state index contributed by atoms with van der Waals surface area (Å²) in [5.74, 6) is 0.239. The van der Waals surface area contributed by atoms with Crippen molar-refractivity contribution >= 4 is 16.9 Å². The lowest BCUT2D eigenvalue weighted by molar-refractivity contribution is -0.137. The van der Waals surface area contributed by atoms with Crippen molar-refractivity contribution in [2.45, 2.75) is 45.2 Å². The van der Waals surface area contributed by atoms with Crippen molar-refractivity contribution in [2.24, 2.45) is 0 Å². The lowest BCUT2D eigenvalue weighted by atomic mass is 10.0. The molecule has 136 valence electrons. The second kappa shape index (κ2) is 8.68. The monoisotopic (exact) mass is 351 g/mol. The Morgan fingerprint density at radius 1 is 1.12 bits per heavy atom. The normalized spacial score (nSPS) is 12.3. The summed E-state index contributed by atoms with van der Waals surface area (Å²) in [6, 6.07) is 18.4. The van der Waals surface area contributed by atoms with E-state index < -0.39 is 5.97 Å². The molecule has 0 aliphatic rings. The number of hydrogen-bond donors (Lipinski definition) is 2. The Morgan fingerprint density at radius 2 is 1.85 bits per heavy atom. The molecule has 4 heteroatoms. The maximum absolute atomic E-state index is 11.0. The number of fused-ring (bicyclic) bond motifs is 1. The van der Waals surface area contributed by atoms with Crippen LogP contribution in [0.4, 0.5) is 0 Å². The highest BCUT2D eigenvalue weighted by atomic mass is 16.4. The first-order chi connectivity index (χ1) is 12.7. The van der Waals surface area contributed by atoms with Gasteiger partial charge >= 0.3 is 5.97 Å². The third kappa shape index (κ3) is 4.52. The zero-order valence-electron chi connectivity index (χ0n) is 15.1. The molecule has 0 fully saturated rings. The number of para-hydroxylation sites is 1. The van der Waals surface area contributed by atoms with Gasteiger partial charge < -0.3 is 14.8 Å². The molecule has 0 aliphatic carbocycles. The molecule has 4 nitrogen and oxygen atoms in total. The topological polar surface area (TPSA) is 62.5 Å². The van der Waals surface area contributed by atoms with Gasteiger partial charge in [-0.15, -0.1) is 0 Å². The number of hydrogen-bond acceptors (Lipinski definition) is 3. The lowest BCUT2D eigenvalue weighted by Crippen LogP contribution is -2.31. The van der Waals surface area contributed by atoms with Crippen LogP contribution in [-0.2, 0) is 24.2 Å². The van der Waals surface area contributed by atoms with Crippen LogP contribution in [0.25, 0.3) is 11.0 Å². The second-order valence-electron chi connectivity index (χ2n) is 6.55. The number of carboxylic acids is 1. The van der Waals surface area contributed by atoms with Crippen LogP contribution >= 0.6 is 0 Å². The molecule has 0 saturated carbocycles. The fourth-order valence-electron chi connectivity index (χ4n) is 3.35. The molecule has 1 aromatic heterocycles. The van der Waals surface area contributed by atoms with Gasteiger partial charge in [0.1, 0.15) is 11.3 Å². The largest absolute Gasteiger partial charge is 0.481 e. The molecule has 2 N–H and O–H groups in total. The predicted molar refractivity (Wildman–Crippen MR) is 103 cm³/mol. The summed E-state index contributed by atoms with van der Waals surface area (Å²) in [4.78, 5) is 11.0. The van der Waals surface area contributed by atoms with E-state index in [0.29, 0.717) is 13.0 Å². The van der Waals surface area contributed by atoms with Crippen LogP contribution in [0.2, 0.25) is 0 Å². The summed E-state index contributed by atoms with van der Waals surface area (Å²) in [6.45, 7) is 2.77. The minimum absolute atomic E-state index is 0.104. The molecular formula is C22H25NO3. The third-order valence-corrected chi connectivity index (χ3v) is 4.70. The van der Waals surface area contributed by atoms with E-state index in [1.165, 1.54) is 11.1 Å². The van der Waals surface area contributed by atoms with Gasteiger partial charge in [-0.05, 0) is 24.5 Å². The lowest BCUT2D eigenvalue weighted by Gasteiger charge is -2.18. The molecule has 0 spiro atoms. The first kappa shape index (κ1) is 18.2. The van der Waals surface area contributed by atoms with Crippen molar-refractivity contribution in [3.63, 3.8) is 0 Å². The maximum Gasteiger partial charge on any atom is 0.303 e. The molecule has 3 rings (SSSR count). The SMILES string of the molecule is CCc1oc2ccccc2c1CNC(CCC(=O)O)Cc1ccccc1. The molecule has 0 aliphatic heterocycles.